The van der Waals surface area contributed by atoms with Crippen molar-refractivity contribution in [2.45, 2.75) is 19.3 Å². The van der Waals surface area contributed by atoms with Crippen molar-refractivity contribution < 1.29 is 9.90 Å². The monoisotopic (exact) mass is 249 g/mol. The Morgan fingerprint density at radius 1 is 1.39 bits per heavy atom. The van der Waals surface area contributed by atoms with Crippen LogP contribution < -0.4 is 5.32 Å². The average Bonchev–Trinajstić information content (AvgIpc) is 2.88. The van der Waals surface area contributed by atoms with E-state index in [9.17, 15) is 4.79 Å². The van der Waals surface area contributed by atoms with Crippen molar-refractivity contribution in [3.63, 3.8) is 0 Å². The molecule has 1 aromatic heterocycles. The molecule has 1 aromatic rings. The van der Waals surface area contributed by atoms with Gasteiger partial charge in [-0.2, -0.15) is 0 Å². The highest BCUT2D eigenvalue weighted by atomic mass is 16.4. The summed E-state index contributed by atoms with van der Waals surface area (Å²) in [5.41, 5.74) is 0.957. The predicted octanol–water partition coefficient (Wildman–Crippen LogP) is 1.68. The van der Waals surface area contributed by atoms with Crippen LogP contribution in [0.15, 0.2) is 18.3 Å². The first-order valence-electron chi connectivity index (χ1n) is 6.41. The second-order valence-electron chi connectivity index (χ2n) is 4.57. The van der Waals surface area contributed by atoms with Gasteiger partial charge < -0.3 is 15.3 Å². The highest BCUT2D eigenvalue weighted by Crippen LogP contribution is 2.09. The summed E-state index contributed by atoms with van der Waals surface area (Å²) in [6.45, 7) is 4.49. The summed E-state index contributed by atoms with van der Waals surface area (Å²) >= 11 is 0. The zero-order valence-electron chi connectivity index (χ0n) is 10.4. The van der Waals surface area contributed by atoms with Crippen molar-refractivity contribution in [3.05, 3.63) is 24.0 Å². The van der Waals surface area contributed by atoms with E-state index in [-0.39, 0.29) is 5.69 Å². The van der Waals surface area contributed by atoms with E-state index in [1.54, 1.807) is 12.3 Å². The molecule has 1 saturated heterocycles. The lowest BCUT2D eigenvalue weighted by Gasteiger charge is -2.14. The van der Waals surface area contributed by atoms with Crippen LogP contribution in [-0.2, 0) is 0 Å². The van der Waals surface area contributed by atoms with Crippen LogP contribution in [0, 0.1) is 0 Å². The van der Waals surface area contributed by atoms with E-state index < -0.39 is 5.97 Å². The Morgan fingerprint density at radius 2 is 2.17 bits per heavy atom. The number of aromatic nitrogens is 1. The smallest absolute Gasteiger partial charge is 0.354 e. The van der Waals surface area contributed by atoms with E-state index in [4.69, 9.17) is 5.11 Å². The SMILES string of the molecule is O=C(O)c1ccc(NCCCN2CCCC2)cn1. The fraction of sp³-hybridized carbons (Fsp3) is 0.538. The number of hydrogen-bond donors (Lipinski definition) is 2. The van der Waals surface area contributed by atoms with Crippen molar-refractivity contribution in [3.8, 4) is 0 Å². The fourth-order valence-electron chi connectivity index (χ4n) is 2.17. The molecule has 98 valence electrons. The lowest BCUT2D eigenvalue weighted by Crippen LogP contribution is -2.22. The molecule has 0 saturated carbocycles. The van der Waals surface area contributed by atoms with Crippen LogP contribution in [0.25, 0.3) is 0 Å². The van der Waals surface area contributed by atoms with Crippen LogP contribution in [0.3, 0.4) is 0 Å². The molecule has 1 aliphatic rings. The lowest BCUT2D eigenvalue weighted by atomic mass is 10.3. The minimum absolute atomic E-state index is 0.0811. The van der Waals surface area contributed by atoms with Gasteiger partial charge in [0.25, 0.3) is 0 Å². The number of hydrogen-bond acceptors (Lipinski definition) is 4. The van der Waals surface area contributed by atoms with E-state index in [2.05, 4.69) is 15.2 Å². The predicted molar refractivity (Wildman–Crippen MR) is 70.0 cm³/mol. The van der Waals surface area contributed by atoms with Gasteiger partial charge in [0.15, 0.2) is 0 Å². The Labute approximate surface area is 107 Å². The molecule has 0 bridgehead atoms. The van der Waals surface area contributed by atoms with Gasteiger partial charge in [-0.3, -0.25) is 0 Å². The summed E-state index contributed by atoms with van der Waals surface area (Å²) in [5, 5.41) is 12.0. The Balaban J connectivity index is 1.68. The van der Waals surface area contributed by atoms with Crippen LogP contribution in [0.4, 0.5) is 5.69 Å². The van der Waals surface area contributed by atoms with Crippen molar-refractivity contribution in [1.82, 2.24) is 9.88 Å². The molecule has 5 nitrogen and oxygen atoms in total. The Hall–Kier alpha value is -1.62. The van der Waals surface area contributed by atoms with Gasteiger partial charge in [-0.25, -0.2) is 9.78 Å². The van der Waals surface area contributed by atoms with Crippen LogP contribution in [-0.4, -0.2) is 47.1 Å². The number of likely N-dealkylation sites (tertiary alicyclic amines) is 1. The minimum Gasteiger partial charge on any atom is -0.477 e. The van der Waals surface area contributed by atoms with Gasteiger partial charge in [-0.05, 0) is 51.0 Å². The maximum absolute atomic E-state index is 10.6. The molecule has 1 aliphatic heterocycles. The summed E-state index contributed by atoms with van der Waals surface area (Å²) in [6, 6.07) is 3.28. The summed E-state index contributed by atoms with van der Waals surface area (Å²) in [5.74, 6) is -0.990. The van der Waals surface area contributed by atoms with Crippen LogP contribution in [0.1, 0.15) is 29.8 Å². The highest BCUT2D eigenvalue weighted by molar-refractivity contribution is 5.85. The second-order valence-corrected chi connectivity index (χ2v) is 4.57. The molecule has 0 atom stereocenters. The van der Waals surface area contributed by atoms with Gasteiger partial charge in [0.05, 0.1) is 11.9 Å². The third-order valence-corrected chi connectivity index (χ3v) is 3.16. The Morgan fingerprint density at radius 3 is 2.78 bits per heavy atom. The van der Waals surface area contributed by atoms with E-state index in [0.717, 1.165) is 25.2 Å². The first-order valence-corrected chi connectivity index (χ1v) is 6.41. The van der Waals surface area contributed by atoms with Crippen LogP contribution in [0.2, 0.25) is 0 Å². The molecule has 0 unspecified atom stereocenters. The maximum Gasteiger partial charge on any atom is 0.354 e. The van der Waals surface area contributed by atoms with Crippen molar-refractivity contribution >= 4 is 11.7 Å². The Kier molecular flexibility index (Phi) is 4.52. The van der Waals surface area contributed by atoms with Crippen LogP contribution >= 0.6 is 0 Å². The number of aromatic carboxylic acids is 1. The van der Waals surface area contributed by atoms with Crippen molar-refractivity contribution in [1.29, 1.82) is 0 Å². The first kappa shape index (κ1) is 12.8. The molecule has 0 spiro atoms. The number of rotatable bonds is 6. The molecular formula is C13H19N3O2. The molecular weight excluding hydrogens is 230 g/mol. The van der Waals surface area contributed by atoms with Gasteiger partial charge in [0.1, 0.15) is 5.69 Å². The molecule has 2 heterocycles. The lowest BCUT2D eigenvalue weighted by molar-refractivity contribution is 0.0690. The van der Waals surface area contributed by atoms with Crippen molar-refractivity contribution in [2.24, 2.45) is 0 Å². The van der Waals surface area contributed by atoms with Crippen LogP contribution in [0.5, 0.6) is 0 Å². The maximum atomic E-state index is 10.6. The Bertz CT molecular complexity index is 386. The molecule has 0 aromatic carbocycles. The number of carboxylic acid groups (broad SMARTS) is 1. The summed E-state index contributed by atoms with van der Waals surface area (Å²) in [4.78, 5) is 17.0. The molecule has 0 radical (unpaired) electrons. The fourth-order valence-corrected chi connectivity index (χ4v) is 2.17. The van der Waals surface area contributed by atoms with Gasteiger partial charge >= 0.3 is 5.97 Å². The van der Waals surface area contributed by atoms with E-state index >= 15 is 0 Å². The van der Waals surface area contributed by atoms with Gasteiger partial charge in [-0.1, -0.05) is 0 Å². The molecule has 1 fully saturated rings. The third kappa shape index (κ3) is 3.70. The first-order chi connectivity index (χ1) is 8.75. The standard InChI is InChI=1S/C13H19N3O2/c17-13(18)12-5-4-11(10-15-12)14-6-3-9-16-7-1-2-8-16/h4-5,10,14H,1-3,6-9H2,(H,17,18). The highest BCUT2D eigenvalue weighted by Gasteiger charge is 2.10. The molecule has 0 amide bonds. The minimum atomic E-state index is -0.990. The normalized spacial score (nSPS) is 15.8. The molecule has 0 aliphatic carbocycles. The topological polar surface area (TPSA) is 65.5 Å². The molecule has 2 N–H and O–H groups in total. The summed E-state index contributed by atoms with van der Waals surface area (Å²) < 4.78 is 0. The van der Waals surface area contributed by atoms with E-state index in [1.165, 1.54) is 32.0 Å². The van der Waals surface area contributed by atoms with E-state index in [0.29, 0.717) is 0 Å². The average molecular weight is 249 g/mol. The largest absolute Gasteiger partial charge is 0.477 e. The number of carboxylic acids is 1. The molecule has 5 heteroatoms. The van der Waals surface area contributed by atoms with E-state index in [1.807, 2.05) is 0 Å². The van der Waals surface area contributed by atoms with Crippen molar-refractivity contribution in [2.75, 3.05) is 31.5 Å². The quantitative estimate of drug-likeness (QED) is 0.751. The molecule has 2 rings (SSSR count). The number of anilines is 1. The number of carbonyl (C=O) groups is 1. The summed E-state index contributed by atoms with van der Waals surface area (Å²) in [7, 11) is 0. The zero-order valence-corrected chi connectivity index (χ0v) is 10.4. The second kappa shape index (κ2) is 6.35. The third-order valence-electron chi connectivity index (χ3n) is 3.16. The number of nitrogens with zero attached hydrogens (tertiary/aromatic N) is 2. The van der Waals surface area contributed by atoms with Gasteiger partial charge in [-0.15, -0.1) is 0 Å². The van der Waals surface area contributed by atoms with Gasteiger partial charge in [0.2, 0.25) is 0 Å². The van der Waals surface area contributed by atoms with Gasteiger partial charge in [0, 0.05) is 6.54 Å². The zero-order chi connectivity index (χ0) is 12.8. The number of pyridine rings is 1. The summed E-state index contributed by atoms with van der Waals surface area (Å²) in [6.07, 6.45) is 5.32. The number of nitrogens with one attached hydrogen (secondary N) is 1. The molecule has 18 heavy (non-hydrogen) atoms.